The van der Waals surface area contributed by atoms with E-state index in [2.05, 4.69) is 16.8 Å². The van der Waals surface area contributed by atoms with Crippen LogP contribution in [0.15, 0.2) is 18.2 Å². The maximum absolute atomic E-state index is 12.4. The first kappa shape index (κ1) is 23.5. The third-order valence-electron chi connectivity index (χ3n) is 5.51. The Balaban J connectivity index is 1.52. The molecule has 0 saturated carbocycles. The Kier molecular flexibility index (Phi) is 10.6. The predicted octanol–water partition coefficient (Wildman–Crippen LogP) is 4.58. The number of unbranched alkanes of at least 4 members (excludes halogenated alkanes) is 2. The van der Waals surface area contributed by atoms with E-state index in [0.717, 1.165) is 31.5 Å². The fraction of sp³-hybridized carbons (Fsp3) is 0.682. The minimum absolute atomic E-state index is 0.119. The van der Waals surface area contributed by atoms with Crippen LogP contribution in [0.2, 0.25) is 10.0 Å². The van der Waals surface area contributed by atoms with Gasteiger partial charge < -0.3 is 14.7 Å². The van der Waals surface area contributed by atoms with Crippen LogP contribution in [0.25, 0.3) is 0 Å². The fourth-order valence-electron chi connectivity index (χ4n) is 3.65. The highest BCUT2D eigenvalue weighted by molar-refractivity contribution is 6.42. The van der Waals surface area contributed by atoms with Gasteiger partial charge in [0.15, 0.2) is 0 Å². The molecule has 1 amide bonds. The van der Waals surface area contributed by atoms with E-state index in [1.807, 2.05) is 18.0 Å². The summed E-state index contributed by atoms with van der Waals surface area (Å²) in [7, 11) is 4.08. The molecule has 6 heteroatoms. The van der Waals surface area contributed by atoms with E-state index in [4.69, 9.17) is 23.2 Å². The van der Waals surface area contributed by atoms with Crippen LogP contribution in [0.3, 0.4) is 0 Å². The van der Waals surface area contributed by atoms with Crippen molar-refractivity contribution in [3.05, 3.63) is 33.8 Å². The lowest BCUT2D eigenvalue weighted by Crippen LogP contribution is -2.30. The number of rotatable bonds is 12. The summed E-state index contributed by atoms with van der Waals surface area (Å²) in [6, 6.07) is 5.38. The molecule has 1 aromatic carbocycles. The summed E-state index contributed by atoms with van der Waals surface area (Å²) >= 11 is 11.9. The SMILES string of the molecule is CN(CCCCN1CCCC1)CCCCN(C)C(=O)Cc1ccc(Cl)c(Cl)c1. The van der Waals surface area contributed by atoms with E-state index >= 15 is 0 Å². The summed E-state index contributed by atoms with van der Waals surface area (Å²) in [5.41, 5.74) is 0.903. The maximum Gasteiger partial charge on any atom is 0.226 e. The van der Waals surface area contributed by atoms with E-state index in [-0.39, 0.29) is 5.91 Å². The number of halogens is 2. The van der Waals surface area contributed by atoms with Crippen molar-refractivity contribution in [3.8, 4) is 0 Å². The standard InChI is InChI=1S/C22H35Cl2N3O/c1-25(12-4-6-14-27-15-7-8-16-27)11-3-5-13-26(2)22(28)18-19-9-10-20(23)21(24)17-19/h9-10,17H,3-8,11-16,18H2,1-2H3. The number of nitrogens with zero attached hydrogens (tertiary/aromatic N) is 3. The molecule has 28 heavy (non-hydrogen) atoms. The molecule has 158 valence electrons. The molecule has 4 nitrogen and oxygen atoms in total. The molecule has 1 aliphatic heterocycles. The number of amides is 1. The molecule has 0 atom stereocenters. The van der Waals surface area contributed by atoms with Crippen molar-refractivity contribution in [2.75, 3.05) is 53.4 Å². The van der Waals surface area contributed by atoms with Crippen LogP contribution in [0.5, 0.6) is 0 Å². The van der Waals surface area contributed by atoms with Crippen molar-refractivity contribution in [1.29, 1.82) is 0 Å². The van der Waals surface area contributed by atoms with Crippen LogP contribution in [0.4, 0.5) is 0 Å². The van der Waals surface area contributed by atoms with E-state index in [0.29, 0.717) is 16.5 Å². The topological polar surface area (TPSA) is 26.8 Å². The molecule has 0 unspecified atom stereocenters. The molecular weight excluding hydrogens is 393 g/mol. The van der Waals surface area contributed by atoms with Gasteiger partial charge in [0.2, 0.25) is 5.91 Å². The normalized spacial score (nSPS) is 14.8. The third-order valence-corrected chi connectivity index (χ3v) is 6.25. The molecule has 0 spiro atoms. The molecule has 0 radical (unpaired) electrons. The first-order valence-corrected chi connectivity index (χ1v) is 11.3. The van der Waals surface area contributed by atoms with Gasteiger partial charge in [0.1, 0.15) is 0 Å². The van der Waals surface area contributed by atoms with Gasteiger partial charge in [-0.25, -0.2) is 0 Å². The second-order valence-corrected chi connectivity index (χ2v) is 8.82. The van der Waals surface area contributed by atoms with Gasteiger partial charge in [-0.15, -0.1) is 0 Å². The maximum atomic E-state index is 12.4. The Morgan fingerprint density at radius 3 is 2.29 bits per heavy atom. The molecule has 1 heterocycles. The van der Waals surface area contributed by atoms with Gasteiger partial charge in [-0.05, 0) is 96.0 Å². The third kappa shape index (κ3) is 8.69. The highest BCUT2D eigenvalue weighted by Crippen LogP contribution is 2.23. The van der Waals surface area contributed by atoms with Crippen molar-refractivity contribution >= 4 is 29.1 Å². The lowest BCUT2D eigenvalue weighted by atomic mass is 10.1. The highest BCUT2D eigenvalue weighted by atomic mass is 35.5. The average Bonchev–Trinajstić information content (AvgIpc) is 3.18. The van der Waals surface area contributed by atoms with Crippen LogP contribution in [0.1, 0.15) is 44.1 Å². The van der Waals surface area contributed by atoms with Gasteiger partial charge >= 0.3 is 0 Å². The van der Waals surface area contributed by atoms with Gasteiger partial charge in [-0.3, -0.25) is 4.79 Å². The summed E-state index contributed by atoms with van der Waals surface area (Å²) in [5, 5.41) is 1.02. The molecule has 1 aliphatic rings. The lowest BCUT2D eigenvalue weighted by molar-refractivity contribution is -0.129. The first-order chi connectivity index (χ1) is 13.5. The molecule has 1 fully saturated rings. The quantitative estimate of drug-likeness (QED) is 0.456. The zero-order valence-electron chi connectivity index (χ0n) is 17.4. The zero-order valence-corrected chi connectivity index (χ0v) is 18.9. The van der Waals surface area contributed by atoms with Crippen LogP contribution in [-0.4, -0.2) is 74.0 Å². The Morgan fingerprint density at radius 2 is 1.61 bits per heavy atom. The van der Waals surface area contributed by atoms with Crippen molar-refractivity contribution in [3.63, 3.8) is 0 Å². The number of carbonyl (C=O) groups is 1. The summed E-state index contributed by atoms with van der Waals surface area (Å²) in [6.45, 7) is 6.92. The summed E-state index contributed by atoms with van der Waals surface area (Å²) in [5.74, 6) is 0.119. The van der Waals surface area contributed by atoms with Crippen molar-refractivity contribution < 1.29 is 4.79 Å². The molecule has 0 N–H and O–H groups in total. The lowest BCUT2D eigenvalue weighted by Gasteiger charge is -2.20. The van der Waals surface area contributed by atoms with Crippen molar-refractivity contribution in [2.24, 2.45) is 0 Å². The molecule has 0 bridgehead atoms. The number of carbonyl (C=O) groups excluding carboxylic acids is 1. The largest absolute Gasteiger partial charge is 0.345 e. The Morgan fingerprint density at radius 1 is 0.964 bits per heavy atom. The smallest absolute Gasteiger partial charge is 0.226 e. The van der Waals surface area contributed by atoms with E-state index in [1.165, 1.54) is 51.9 Å². The van der Waals surface area contributed by atoms with Crippen molar-refractivity contribution in [1.82, 2.24) is 14.7 Å². The van der Waals surface area contributed by atoms with E-state index < -0.39 is 0 Å². The summed E-state index contributed by atoms with van der Waals surface area (Å²) < 4.78 is 0. The predicted molar refractivity (Wildman–Crippen MR) is 119 cm³/mol. The van der Waals surface area contributed by atoms with Gasteiger partial charge in [0.25, 0.3) is 0 Å². The number of likely N-dealkylation sites (N-methyl/N-ethyl adjacent to an activating group) is 1. The monoisotopic (exact) mass is 427 g/mol. The Bertz CT molecular complexity index is 605. The number of hydrogen-bond donors (Lipinski definition) is 0. The number of benzene rings is 1. The van der Waals surface area contributed by atoms with Crippen LogP contribution in [-0.2, 0) is 11.2 Å². The molecular formula is C22H35Cl2N3O. The zero-order chi connectivity index (χ0) is 20.4. The minimum Gasteiger partial charge on any atom is -0.345 e. The first-order valence-electron chi connectivity index (χ1n) is 10.5. The molecule has 2 rings (SSSR count). The molecule has 1 saturated heterocycles. The minimum atomic E-state index is 0.119. The Labute approximate surface area is 180 Å². The molecule has 0 aromatic heterocycles. The average molecular weight is 428 g/mol. The van der Waals surface area contributed by atoms with Gasteiger partial charge in [0.05, 0.1) is 16.5 Å². The molecule has 0 aliphatic carbocycles. The van der Waals surface area contributed by atoms with Crippen LogP contribution < -0.4 is 0 Å². The number of hydrogen-bond acceptors (Lipinski definition) is 3. The number of likely N-dealkylation sites (tertiary alicyclic amines) is 1. The van der Waals surface area contributed by atoms with Crippen molar-refractivity contribution in [2.45, 2.75) is 44.9 Å². The Hall–Kier alpha value is -0.810. The second kappa shape index (κ2) is 12.7. The summed E-state index contributed by atoms with van der Waals surface area (Å²) in [4.78, 5) is 19.2. The summed E-state index contributed by atoms with van der Waals surface area (Å²) in [6.07, 6.45) is 7.85. The second-order valence-electron chi connectivity index (χ2n) is 8.01. The molecule has 1 aromatic rings. The fourth-order valence-corrected chi connectivity index (χ4v) is 3.97. The highest BCUT2D eigenvalue weighted by Gasteiger charge is 2.12. The van der Waals surface area contributed by atoms with Crippen LogP contribution >= 0.6 is 23.2 Å². The van der Waals surface area contributed by atoms with Gasteiger partial charge in [0, 0.05) is 13.6 Å². The van der Waals surface area contributed by atoms with Gasteiger partial charge in [-0.2, -0.15) is 0 Å². The van der Waals surface area contributed by atoms with Gasteiger partial charge in [-0.1, -0.05) is 29.3 Å². The van der Waals surface area contributed by atoms with E-state index in [9.17, 15) is 4.79 Å². The van der Waals surface area contributed by atoms with E-state index in [1.54, 1.807) is 12.1 Å². The van der Waals surface area contributed by atoms with Crippen LogP contribution in [0, 0.1) is 0 Å².